The third kappa shape index (κ3) is 1.95. The Morgan fingerprint density at radius 2 is 1.68 bits per heavy atom. The SMILES string of the molecule is [C-]#[N+]c1cccc2c1N(c1cc(C)c(C)cc1C)[C@@H](C)N2C. The summed E-state index contributed by atoms with van der Waals surface area (Å²) in [4.78, 5) is 8.27. The molecular formula is C19H21N3. The van der Waals surface area contributed by atoms with Crippen molar-refractivity contribution in [1.82, 2.24) is 0 Å². The van der Waals surface area contributed by atoms with E-state index in [-0.39, 0.29) is 6.17 Å². The Labute approximate surface area is 132 Å². The van der Waals surface area contributed by atoms with Crippen molar-refractivity contribution in [2.75, 3.05) is 16.8 Å². The van der Waals surface area contributed by atoms with Crippen molar-refractivity contribution in [2.24, 2.45) is 0 Å². The minimum absolute atomic E-state index is 0.193. The highest BCUT2D eigenvalue weighted by Crippen LogP contribution is 2.49. The van der Waals surface area contributed by atoms with Crippen LogP contribution in [0.25, 0.3) is 4.85 Å². The third-order valence-corrected chi connectivity index (χ3v) is 4.74. The van der Waals surface area contributed by atoms with E-state index < -0.39 is 0 Å². The van der Waals surface area contributed by atoms with E-state index in [0.717, 1.165) is 11.4 Å². The normalized spacial score (nSPS) is 16.6. The Balaban J connectivity index is 2.26. The van der Waals surface area contributed by atoms with Crippen LogP contribution in [0, 0.1) is 27.3 Å². The van der Waals surface area contributed by atoms with Crippen LogP contribution in [0.15, 0.2) is 30.3 Å². The van der Waals surface area contributed by atoms with Crippen LogP contribution in [-0.4, -0.2) is 13.2 Å². The van der Waals surface area contributed by atoms with Gasteiger partial charge in [-0.15, -0.1) is 0 Å². The third-order valence-electron chi connectivity index (χ3n) is 4.74. The summed E-state index contributed by atoms with van der Waals surface area (Å²) in [5, 5.41) is 0. The number of hydrogen-bond acceptors (Lipinski definition) is 2. The molecule has 0 N–H and O–H groups in total. The van der Waals surface area contributed by atoms with E-state index in [9.17, 15) is 0 Å². The van der Waals surface area contributed by atoms with Gasteiger partial charge in [0.15, 0.2) is 0 Å². The number of benzene rings is 2. The van der Waals surface area contributed by atoms with Crippen LogP contribution >= 0.6 is 0 Å². The van der Waals surface area contributed by atoms with Gasteiger partial charge in [-0.1, -0.05) is 18.2 Å². The lowest BCUT2D eigenvalue weighted by atomic mass is 10.0. The first-order chi connectivity index (χ1) is 10.5. The van der Waals surface area contributed by atoms with Gasteiger partial charge >= 0.3 is 0 Å². The highest BCUT2D eigenvalue weighted by Gasteiger charge is 2.34. The van der Waals surface area contributed by atoms with Gasteiger partial charge in [-0.05, 0) is 56.5 Å². The summed E-state index contributed by atoms with van der Waals surface area (Å²) < 4.78 is 0. The monoisotopic (exact) mass is 291 g/mol. The van der Waals surface area contributed by atoms with Crippen LogP contribution in [0.1, 0.15) is 23.6 Å². The average molecular weight is 291 g/mol. The molecule has 1 aliphatic rings. The van der Waals surface area contributed by atoms with E-state index in [2.05, 4.69) is 67.6 Å². The molecule has 1 atom stereocenters. The lowest BCUT2D eigenvalue weighted by Crippen LogP contribution is -2.36. The second-order valence-corrected chi connectivity index (χ2v) is 6.09. The van der Waals surface area contributed by atoms with Crippen LogP contribution in [0.5, 0.6) is 0 Å². The number of aryl methyl sites for hydroxylation is 3. The standard InChI is InChI=1S/C19H21N3/c1-12-10-14(3)18(11-13(12)2)22-15(4)21(6)17-9-7-8-16(20-5)19(17)22/h7-11,15H,1-4,6H3/t15-/m0/s1. The Kier molecular flexibility index (Phi) is 3.33. The molecule has 3 nitrogen and oxygen atoms in total. The molecule has 0 amide bonds. The Bertz CT molecular complexity index is 786. The first-order valence-corrected chi connectivity index (χ1v) is 7.56. The summed E-state index contributed by atoms with van der Waals surface area (Å²) in [5.41, 5.74) is 7.89. The van der Waals surface area contributed by atoms with Crippen molar-refractivity contribution in [1.29, 1.82) is 0 Å². The summed E-state index contributed by atoms with van der Waals surface area (Å²) in [6.07, 6.45) is 0.193. The number of anilines is 3. The zero-order valence-corrected chi connectivity index (χ0v) is 13.8. The first kappa shape index (κ1) is 14.5. The molecule has 112 valence electrons. The number of rotatable bonds is 1. The van der Waals surface area contributed by atoms with E-state index in [4.69, 9.17) is 6.57 Å². The smallest absolute Gasteiger partial charge is 0.212 e. The molecule has 2 aromatic carbocycles. The minimum Gasteiger partial charge on any atom is -0.354 e. The molecule has 0 saturated carbocycles. The maximum absolute atomic E-state index is 7.51. The molecule has 1 aliphatic heterocycles. The van der Waals surface area contributed by atoms with Crippen molar-refractivity contribution in [3.05, 3.63) is 58.4 Å². The van der Waals surface area contributed by atoms with E-state index in [1.807, 2.05) is 12.1 Å². The van der Waals surface area contributed by atoms with Crippen molar-refractivity contribution < 1.29 is 0 Å². The van der Waals surface area contributed by atoms with Crippen molar-refractivity contribution in [3.63, 3.8) is 0 Å². The summed E-state index contributed by atoms with van der Waals surface area (Å²) in [7, 11) is 2.09. The molecule has 0 bridgehead atoms. The fourth-order valence-corrected chi connectivity index (χ4v) is 3.23. The average Bonchev–Trinajstić information content (AvgIpc) is 2.75. The molecular weight excluding hydrogens is 270 g/mol. The van der Waals surface area contributed by atoms with Crippen molar-refractivity contribution >= 4 is 22.7 Å². The highest BCUT2D eigenvalue weighted by molar-refractivity contribution is 5.93. The van der Waals surface area contributed by atoms with Crippen molar-refractivity contribution in [3.8, 4) is 0 Å². The molecule has 0 unspecified atom stereocenters. The highest BCUT2D eigenvalue weighted by atomic mass is 15.4. The van der Waals surface area contributed by atoms with E-state index >= 15 is 0 Å². The van der Waals surface area contributed by atoms with Gasteiger partial charge in [0.05, 0.1) is 17.9 Å². The van der Waals surface area contributed by atoms with Gasteiger partial charge in [0.2, 0.25) is 5.69 Å². The minimum atomic E-state index is 0.193. The lowest BCUT2D eigenvalue weighted by molar-refractivity contribution is 0.732. The molecule has 0 radical (unpaired) electrons. The molecule has 1 heterocycles. The second-order valence-electron chi connectivity index (χ2n) is 6.09. The topological polar surface area (TPSA) is 10.8 Å². The van der Waals surface area contributed by atoms with Gasteiger partial charge in [-0.25, -0.2) is 4.85 Å². The molecule has 0 saturated heterocycles. The van der Waals surface area contributed by atoms with Gasteiger partial charge in [-0.3, -0.25) is 0 Å². The first-order valence-electron chi connectivity index (χ1n) is 7.56. The number of nitrogens with zero attached hydrogens (tertiary/aromatic N) is 3. The molecule has 0 aromatic heterocycles. The molecule has 3 heteroatoms. The number of para-hydroxylation sites is 1. The van der Waals surface area contributed by atoms with Crippen LogP contribution in [0.3, 0.4) is 0 Å². The van der Waals surface area contributed by atoms with Gasteiger partial charge in [0, 0.05) is 12.7 Å². The van der Waals surface area contributed by atoms with Crippen LogP contribution in [-0.2, 0) is 0 Å². The summed E-state index contributed by atoms with van der Waals surface area (Å²) in [6, 6.07) is 10.4. The van der Waals surface area contributed by atoms with Crippen LogP contribution < -0.4 is 9.80 Å². The summed E-state index contributed by atoms with van der Waals surface area (Å²) >= 11 is 0. The molecule has 22 heavy (non-hydrogen) atoms. The quantitative estimate of drug-likeness (QED) is 0.677. The largest absolute Gasteiger partial charge is 0.354 e. The summed E-state index contributed by atoms with van der Waals surface area (Å²) in [5.74, 6) is 0. The molecule has 2 aromatic rings. The Morgan fingerprint density at radius 1 is 1.00 bits per heavy atom. The maximum atomic E-state index is 7.51. The zero-order valence-electron chi connectivity index (χ0n) is 13.8. The fraction of sp³-hybridized carbons (Fsp3) is 0.316. The zero-order chi connectivity index (χ0) is 16.0. The van der Waals surface area contributed by atoms with E-state index in [0.29, 0.717) is 5.69 Å². The lowest BCUT2D eigenvalue weighted by Gasteiger charge is -2.30. The number of hydrogen-bond donors (Lipinski definition) is 0. The van der Waals surface area contributed by atoms with E-state index in [1.165, 1.54) is 22.4 Å². The van der Waals surface area contributed by atoms with Crippen LogP contribution in [0.2, 0.25) is 0 Å². The number of fused-ring (bicyclic) bond motifs is 1. The van der Waals surface area contributed by atoms with Gasteiger partial charge < -0.3 is 9.80 Å². The maximum Gasteiger partial charge on any atom is 0.212 e. The molecule has 0 fully saturated rings. The fourth-order valence-electron chi connectivity index (χ4n) is 3.23. The van der Waals surface area contributed by atoms with Gasteiger partial charge in [0.1, 0.15) is 6.17 Å². The van der Waals surface area contributed by atoms with Crippen molar-refractivity contribution in [2.45, 2.75) is 33.9 Å². The van der Waals surface area contributed by atoms with Gasteiger partial charge in [-0.2, -0.15) is 0 Å². The summed E-state index contributed by atoms with van der Waals surface area (Å²) in [6.45, 7) is 16.1. The Morgan fingerprint density at radius 3 is 2.36 bits per heavy atom. The molecule has 3 rings (SSSR count). The van der Waals surface area contributed by atoms with E-state index in [1.54, 1.807) is 0 Å². The molecule has 0 aliphatic carbocycles. The second kappa shape index (κ2) is 5.06. The predicted molar refractivity (Wildman–Crippen MR) is 93.4 cm³/mol. The van der Waals surface area contributed by atoms with Crippen LogP contribution in [0.4, 0.5) is 22.7 Å². The Hall–Kier alpha value is -2.47. The van der Waals surface area contributed by atoms with Gasteiger partial charge in [0.25, 0.3) is 0 Å². The predicted octanol–water partition coefficient (Wildman–Crippen LogP) is 5.10. The molecule has 0 spiro atoms.